The van der Waals surface area contributed by atoms with E-state index in [1.807, 2.05) is 59.0 Å². The molecule has 6 heteroatoms. The molecule has 3 rings (SSSR count). The molecule has 0 aliphatic carbocycles. The van der Waals surface area contributed by atoms with E-state index in [2.05, 4.69) is 31.2 Å². The summed E-state index contributed by atoms with van der Waals surface area (Å²) in [5.74, 6) is 0.557. The standard InChI is InChI=1S/C14H9BrIN3O/c15-10-5-6-11(9-4-2-1-3-8(9)10)19-13-12(16)14(20)18-7-17-13/h1-7H,(H2,17,18,19,20). The van der Waals surface area contributed by atoms with E-state index in [4.69, 9.17) is 0 Å². The fraction of sp³-hybridized carbons (Fsp3) is 0. The molecule has 0 spiro atoms. The maximum absolute atomic E-state index is 11.6. The number of nitrogens with one attached hydrogen (secondary N) is 2. The van der Waals surface area contributed by atoms with Gasteiger partial charge in [-0.2, -0.15) is 0 Å². The summed E-state index contributed by atoms with van der Waals surface area (Å²) in [5, 5.41) is 5.40. The molecule has 4 nitrogen and oxygen atoms in total. The summed E-state index contributed by atoms with van der Waals surface area (Å²) in [7, 11) is 0. The van der Waals surface area contributed by atoms with Gasteiger partial charge >= 0.3 is 0 Å². The maximum atomic E-state index is 11.6. The molecule has 20 heavy (non-hydrogen) atoms. The van der Waals surface area contributed by atoms with Gasteiger partial charge in [-0.05, 0) is 40.1 Å². The quantitative estimate of drug-likeness (QED) is 0.590. The van der Waals surface area contributed by atoms with Gasteiger partial charge in [-0.25, -0.2) is 4.98 Å². The van der Waals surface area contributed by atoms with Crippen molar-refractivity contribution in [1.82, 2.24) is 9.97 Å². The van der Waals surface area contributed by atoms with Gasteiger partial charge < -0.3 is 10.3 Å². The lowest BCUT2D eigenvalue weighted by Gasteiger charge is -2.11. The topological polar surface area (TPSA) is 57.8 Å². The van der Waals surface area contributed by atoms with Crippen LogP contribution in [0.1, 0.15) is 0 Å². The summed E-state index contributed by atoms with van der Waals surface area (Å²) < 4.78 is 1.57. The van der Waals surface area contributed by atoms with E-state index in [0.29, 0.717) is 9.39 Å². The first-order valence-corrected chi connectivity index (χ1v) is 7.71. The van der Waals surface area contributed by atoms with Crippen LogP contribution in [0, 0.1) is 3.57 Å². The van der Waals surface area contributed by atoms with Crippen LogP contribution in [-0.2, 0) is 0 Å². The molecule has 1 aromatic heterocycles. The Balaban J connectivity index is 2.14. The highest BCUT2D eigenvalue weighted by Gasteiger charge is 2.08. The van der Waals surface area contributed by atoms with Crippen molar-refractivity contribution >= 4 is 60.8 Å². The third-order valence-corrected chi connectivity index (χ3v) is 4.61. The van der Waals surface area contributed by atoms with E-state index in [9.17, 15) is 4.79 Å². The second-order valence-electron chi connectivity index (χ2n) is 4.16. The van der Waals surface area contributed by atoms with Gasteiger partial charge in [0.25, 0.3) is 5.56 Å². The normalized spacial score (nSPS) is 10.7. The van der Waals surface area contributed by atoms with Gasteiger partial charge in [0.05, 0.1) is 6.33 Å². The van der Waals surface area contributed by atoms with E-state index >= 15 is 0 Å². The lowest BCUT2D eigenvalue weighted by atomic mass is 10.1. The van der Waals surface area contributed by atoms with Gasteiger partial charge in [0.2, 0.25) is 0 Å². The van der Waals surface area contributed by atoms with Gasteiger partial charge in [0, 0.05) is 15.5 Å². The number of fused-ring (bicyclic) bond motifs is 1. The Bertz CT molecular complexity index is 847. The lowest BCUT2D eigenvalue weighted by molar-refractivity contribution is 1.10. The number of halogens is 2. The molecule has 3 aromatic rings. The molecule has 0 amide bonds. The largest absolute Gasteiger partial charge is 0.339 e. The van der Waals surface area contributed by atoms with Crippen molar-refractivity contribution in [2.45, 2.75) is 0 Å². The molecule has 0 radical (unpaired) electrons. The predicted octanol–water partition coefficient (Wildman–Crippen LogP) is 4.03. The summed E-state index contributed by atoms with van der Waals surface area (Å²) in [6, 6.07) is 12.0. The smallest absolute Gasteiger partial charge is 0.266 e. The molecule has 0 atom stereocenters. The zero-order valence-electron chi connectivity index (χ0n) is 10.2. The molecule has 1 heterocycles. The number of hydrogen-bond donors (Lipinski definition) is 2. The van der Waals surface area contributed by atoms with Crippen molar-refractivity contribution < 1.29 is 0 Å². The lowest BCUT2D eigenvalue weighted by Crippen LogP contribution is -2.13. The molecule has 0 unspecified atom stereocenters. The number of aromatic nitrogens is 2. The highest BCUT2D eigenvalue weighted by atomic mass is 127. The fourth-order valence-electron chi connectivity index (χ4n) is 1.97. The first kappa shape index (κ1) is 13.6. The molecule has 2 aromatic carbocycles. The highest BCUT2D eigenvalue weighted by Crippen LogP contribution is 2.31. The van der Waals surface area contributed by atoms with Crippen molar-refractivity contribution in [3.63, 3.8) is 0 Å². The highest BCUT2D eigenvalue weighted by molar-refractivity contribution is 14.1. The van der Waals surface area contributed by atoms with Gasteiger partial charge in [-0.1, -0.05) is 40.2 Å². The third kappa shape index (κ3) is 2.45. The van der Waals surface area contributed by atoms with E-state index < -0.39 is 0 Å². The van der Waals surface area contributed by atoms with Crippen LogP contribution >= 0.6 is 38.5 Å². The average molecular weight is 442 g/mol. The zero-order valence-corrected chi connectivity index (χ0v) is 13.9. The van der Waals surface area contributed by atoms with Crippen LogP contribution < -0.4 is 10.9 Å². The molecule has 2 N–H and O–H groups in total. The Morgan fingerprint density at radius 1 is 1.15 bits per heavy atom. The first-order chi connectivity index (χ1) is 9.66. The SMILES string of the molecule is O=c1[nH]cnc(Nc2ccc(Br)c3ccccc23)c1I. The molecule has 0 saturated heterocycles. The number of aromatic amines is 1. The van der Waals surface area contributed by atoms with Crippen molar-refractivity contribution in [3.05, 3.63) is 61.1 Å². The molecule has 0 bridgehead atoms. The zero-order chi connectivity index (χ0) is 14.1. The predicted molar refractivity (Wildman–Crippen MR) is 92.5 cm³/mol. The van der Waals surface area contributed by atoms with Crippen LogP contribution in [0.4, 0.5) is 11.5 Å². The van der Waals surface area contributed by atoms with Crippen LogP contribution in [0.15, 0.2) is 52.0 Å². The fourth-order valence-corrected chi connectivity index (χ4v) is 2.88. The summed E-state index contributed by atoms with van der Waals surface area (Å²) in [6.07, 6.45) is 1.40. The Morgan fingerprint density at radius 3 is 2.70 bits per heavy atom. The van der Waals surface area contributed by atoms with Crippen molar-refractivity contribution in [3.8, 4) is 0 Å². The summed E-state index contributed by atoms with van der Waals surface area (Å²) in [4.78, 5) is 18.3. The Morgan fingerprint density at radius 2 is 1.90 bits per heavy atom. The van der Waals surface area contributed by atoms with Crippen molar-refractivity contribution in [1.29, 1.82) is 0 Å². The minimum Gasteiger partial charge on any atom is -0.339 e. The Kier molecular flexibility index (Phi) is 3.75. The van der Waals surface area contributed by atoms with Crippen LogP contribution in [0.2, 0.25) is 0 Å². The van der Waals surface area contributed by atoms with Gasteiger partial charge in [-0.15, -0.1) is 0 Å². The minimum atomic E-state index is -0.149. The first-order valence-electron chi connectivity index (χ1n) is 5.84. The van der Waals surface area contributed by atoms with Crippen molar-refractivity contribution in [2.75, 3.05) is 5.32 Å². The molecule has 0 saturated carbocycles. The Hall–Kier alpha value is -1.41. The number of H-pyrrole nitrogens is 1. The van der Waals surface area contributed by atoms with E-state index in [0.717, 1.165) is 20.9 Å². The van der Waals surface area contributed by atoms with Gasteiger partial charge in [-0.3, -0.25) is 4.79 Å². The van der Waals surface area contributed by atoms with E-state index in [1.165, 1.54) is 6.33 Å². The van der Waals surface area contributed by atoms with Gasteiger partial charge in [0.15, 0.2) is 5.82 Å². The molecular weight excluding hydrogens is 433 g/mol. The number of benzene rings is 2. The molecular formula is C14H9BrIN3O. The van der Waals surface area contributed by atoms with E-state index in [1.54, 1.807) is 0 Å². The molecule has 100 valence electrons. The van der Waals surface area contributed by atoms with Crippen LogP contribution in [0.3, 0.4) is 0 Å². The second kappa shape index (κ2) is 5.53. The summed E-state index contributed by atoms with van der Waals surface area (Å²) >= 11 is 5.53. The molecule has 0 aliphatic heterocycles. The third-order valence-electron chi connectivity index (χ3n) is 2.92. The summed E-state index contributed by atoms with van der Waals surface area (Å²) in [5.41, 5.74) is 0.768. The number of anilines is 2. The number of rotatable bonds is 2. The van der Waals surface area contributed by atoms with E-state index in [-0.39, 0.29) is 5.56 Å². The van der Waals surface area contributed by atoms with Crippen LogP contribution in [0.5, 0.6) is 0 Å². The monoisotopic (exact) mass is 441 g/mol. The maximum Gasteiger partial charge on any atom is 0.266 e. The minimum absolute atomic E-state index is 0.149. The Labute approximate surface area is 136 Å². The second-order valence-corrected chi connectivity index (χ2v) is 6.09. The average Bonchev–Trinajstić information content (AvgIpc) is 2.47. The number of hydrogen-bond acceptors (Lipinski definition) is 3. The molecule has 0 fully saturated rings. The number of nitrogens with zero attached hydrogens (tertiary/aromatic N) is 1. The van der Waals surface area contributed by atoms with Gasteiger partial charge in [0.1, 0.15) is 3.57 Å². The van der Waals surface area contributed by atoms with Crippen LogP contribution in [-0.4, -0.2) is 9.97 Å². The van der Waals surface area contributed by atoms with Crippen LogP contribution in [0.25, 0.3) is 10.8 Å². The molecule has 0 aliphatic rings. The van der Waals surface area contributed by atoms with Crippen molar-refractivity contribution in [2.24, 2.45) is 0 Å². The summed E-state index contributed by atoms with van der Waals surface area (Å²) in [6.45, 7) is 0.